The Bertz CT molecular complexity index is 612. The summed E-state index contributed by atoms with van der Waals surface area (Å²) in [6.07, 6.45) is 5.38. The van der Waals surface area contributed by atoms with Crippen LogP contribution in [0.1, 0.15) is 24.0 Å². The van der Waals surface area contributed by atoms with Gasteiger partial charge < -0.3 is 19.5 Å². The van der Waals surface area contributed by atoms with Gasteiger partial charge in [0.15, 0.2) is 11.5 Å². The lowest BCUT2D eigenvalue weighted by Gasteiger charge is -2.35. The predicted octanol–water partition coefficient (Wildman–Crippen LogP) is 1.85. The molecular formula is C17H21NO3. The third kappa shape index (κ3) is 1.75. The summed E-state index contributed by atoms with van der Waals surface area (Å²) in [5, 5.41) is 9.97. The first kappa shape index (κ1) is 13.2. The first-order valence-corrected chi connectivity index (χ1v) is 7.57. The molecule has 21 heavy (non-hydrogen) atoms. The van der Waals surface area contributed by atoms with Crippen LogP contribution in [0.3, 0.4) is 0 Å². The van der Waals surface area contributed by atoms with E-state index >= 15 is 0 Å². The topological polar surface area (TPSA) is 41.9 Å². The van der Waals surface area contributed by atoms with Gasteiger partial charge in [-0.1, -0.05) is 18.2 Å². The van der Waals surface area contributed by atoms with Crippen molar-refractivity contribution in [3.8, 4) is 11.5 Å². The van der Waals surface area contributed by atoms with Gasteiger partial charge in [0.25, 0.3) is 0 Å². The van der Waals surface area contributed by atoms with E-state index in [1.165, 1.54) is 11.1 Å². The van der Waals surface area contributed by atoms with E-state index in [2.05, 4.69) is 24.1 Å². The van der Waals surface area contributed by atoms with E-state index in [-0.39, 0.29) is 11.5 Å². The molecule has 0 unspecified atom stereocenters. The number of ether oxygens (including phenoxy) is 2. The Hall–Kier alpha value is -1.52. The second kappa shape index (κ2) is 4.49. The van der Waals surface area contributed by atoms with Gasteiger partial charge in [0.1, 0.15) is 6.10 Å². The summed E-state index contributed by atoms with van der Waals surface area (Å²) in [7, 11) is 3.84. The van der Waals surface area contributed by atoms with Crippen molar-refractivity contribution >= 4 is 0 Å². The molecule has 0 radical (unpaired) electrons. The number of hydrogen-bond acceptors (Lipinski definition) is 4. The first-order valence-electron chi connectivity index (χ1n) is 7.57. The molecule has 4 heteroatoms. The Labute approximate surface area is 125 Å². The van der Waals surface area contributed by atoms with Gasteiger partial charge in [0.2, 0.25) is 0 Å². The summed E-state index contributed by atoms with van der Waals surface area (Å²) in [6.45, 7) is 1.96. The molecule has 4 nitrogen and oxygen atoms in total. The van der Waals surface area contributed by atoms with Gasteiger partial charge >= 0.3 is 0 Å². The Morgan fingerprint density at radius 2 is 2.33 bits per heavy atom. The van der Waals surface area contributed by atoms with Crippen LogP contribution in [0.15, 0.2) is 24.3 Å². The van der Waals surface area contributed by atoms with E-state index in [9.17, 15) is 5.11 Å². The molecular weight excluding hydrogens is 268 g/mol. The van der Waals surface area contributed by atoms with Gasteiger partial charge in [-0.2, -0.15) is 0 Å². The zero-order valence-corrected chi connectivity index (χ0v) is 12.5. The lowest BCUT2D eigenvalue weighted by atomic mass is 9.69. The highest BCUT2D eigenvalue weighted by molar-refractivity contribution is 5.60. The van der Waals surface area contributed by atoms with Crippen molar-refractivity contribution in [2.45, 2.75) is 37.0 Å². The van der Waals surface area contributed by atoms with E-state index in [1.807, 2.05) is 12.1 Å². The molecule has 1 aromatic rings. The standard InChI is InChI=1S/C17H21NO3/c1-18-8-7-17-6-5-12(19)9-14(17)21-16-13(20-2)4-3-11(10-18)15(16)17/h3-6,12,14,19H,7-10H2,1-2H3/t12-,14+,17+/m1/s1/i1+2. The molecule has 0 saturated carbocycles. The summed E-state index contributed by atoms with van der Waals surface area (Å²) in [5.74, 6) is 1.68. The van der Waals surface area contributed by atoms with Crippen molar-refractivity contribution in [1.29, 1.82) is 0 Å². The minimum atomic E-state index is -0.412. The molecule has 0 fully saturated rings. The third-order valence-electron chi connectivity index (χ3n) is 5.15. The minimum absolute atomic E-state index is 0.00838. The molecule has 3 atom stereocenters. The highest BCUT2D eigenvalue weighted by atomic mass is 16.5. The van der Waals surface area contributed by atoms with Crippen LogP contribution in [0, 0.1) is 0 Å². The number of nitrogens with zero attached hydrogens (tertiary/aromatic N) is 1. The fourth-order valence-corrected chi connectivity index (χ4v) is 4.08. The maximum absolute atomic E-state index is 9.97. The van der Waals surface area contributed by atoms with Crippen LogP contribution in [-0.4, -0.2) is 42.9 Å². The molecule has 1 spiro atoms. The van der Waals surface area contributed by atoms with Crippen LogP contribution in [0.2, 0.25) is 0 Å². The van der Waals surface area contributed by atoms with Crippen molar-refractivity contribution in [3.63, 3.8) is 0 Å². The average molecular weight is 289 g/mol. The van der Waals surface area contributed by atoms with Gasteiger partial charge in [-0.25, -0.2) is 0 Å². The van der Waals surface area contributed by atoms with Crippen molar-refractivity contribution in [1.82, 2.24) is 4.90 Å². The quantitative estimate of drug-likeness (QED) is 0.801. The molecule has 2 aliphatic heterocycles. The largest absolute Gasteiger partial charge is 0.493 e. The fraction of sp³-hybridized carbons (Fsp3) is 0.529. The molecule has 3 aliphatic rings. The van der Waals surface area contributed by atoms with E-state index in [4.69, 9.17) is 9.47 Å². The maximum atomic E-state index is 9.97. The lowest BCUT2D eigenvalue weighted by molar-refractivity contribution is 0.0821. The minimum Gasteiger partial charge on any atom is -0.493 e. The van der Waals surface area contributed by atoms with Crippen LogP contribution in [0.25, 0.3) is 0 Å². The Morgan fingerprint density at radius 3 is 3.14 bits per heavy atom. The molecule has 1 aliphatic carbocycles. The van der Waals surface area contributed by atoms with Gasteiger partial charge in [-0.15, -0.1) is 0 Å². The van der Waals surface area contributed by atoms with Crippen LogP contribution in [0.4, 0.5) is 0 Å². The molecule has 0 saturated heterocycles. The van der Waals surface area contributed by atoms with Gasteiger partial charge in [-0.3, -0.25) is 0 Å². The summed E-state index contributed by atoms with van der Waals surface area (Å²) >= 11 is 0. The lowest BCUT2D eigenvalue weighted by Crippen LogP contribution is -2.42. The second-order valence-electron chi connectivity index (χ2n) is 6.43. The van der Waals surface area contributed by atoms with Crippen molar-refractivity contribution < 1.29 is 14.6 Å². The maximum Gasteiger partial charge on any atom is 0.166 e. The number of aliphatic hydroxyl groups excluding tert-OH is 1. The highest BCUT2D eigenvalue weighted by Crippen LogP contribution is 2.55. The molecule has 4 rings (SSSR count). The molecule has 0 aromatic heterocycles. The number of aliphatic hydroxyl groups is 1. The number of methoxy groups -OCH3 is 1. The van der Waals surface area contributed by atoms with E-state index in [1.54, 1.807) is 7.11 Å². The molecule has 1 N–H and O–H groups in total. The highest BCUT2D eigenvalue weighted by Gasteiger charge is 2.52. The SMILES string of the molecule is COc1ccc2c3c1O[C@H]1C[C@H](O)C=C[C@@]31CCN([14CH3])C2. The van der Waals surface area contributed by atoms with Crippen molar-refractivity contribution in [3.05, 3.63) is 35.4 Å². The molecule has 0 bridgehead atoms. The van der Waals surface area contributed by atoms with Crippen LogP contribution in [-0.2, 0) is 12.0 Å². The number of hydrogen-bond donors (Lipinski definition) is 1. The second-order valence-corrected chi connectivity index (χ2v) is 6.43. The van der Waals surface area contributed by atoms with Crippen LogP contribution >= 0.6 is 0 Å². The van der Waals surface area contributed by atoms with E-state index < -0.39 is 6.10 Å². The van der Waals surface area contributed by atoms with Gasteiger partial charge in [0, 0.05) is 18.5 Å². The monoisotopic (exact) mass is 289 g/mol. The Morgan fingerprint density at radius 1 is 1.48 bits per heavy atom. The summed E-state index contributed by atoms with van der Waals surface area (Å²) in [5.41, 5.74) is 2.48. The molecule has 0 amide bonds. The van der Waals surface area contributed by atoms with Crippen LogP contribution < -0.4 is 9.47 Å². The summed E-state index contributed by atoms with van der Waals surface area (Å²) in [4.78, 5) is 2.35. The van der Waals surface area contributed by atoms with Gasteiger partial charge in [0.05, 0.1) is 18.6 Å². The van der Waals surface area contributed by atoms with Crippen LogP contribution in [0.5, 0.6) is 11.5 Å². The Kier molecular flexibility index (Phi) is 2.81. The third-order valence-corrected chi connectivity index (χ3v) is 5.15. The zero-order chi connectivity index (χ0) is 14.6. The van der Waals surface area contributed by atoms with Crippen molar-refractivity contribution in [2.75, 3.05) is 20.7 Å². The smallest absolute Gasteiger partial charge is 0.166 e. The Balaban J connectivity index is 1.95. The van der Waals surface area contributed by atoms with E-state index in [0.717, 1.165) is 31.0 Å². The normalized spacial score (nSPS) is 33.9. The molecule has 112 valence electrons. The molecule has 1 aromatic carbocycles. The number of benzene rings is 1. The zero-order valence-electron chi connectivity index (χ0n) is 12.5. The summed E-state index contributed by atoms with van der Waals surface area (Å²) in [6, 6.07) is 4.16. The first-order chi connectivity index (χ1) is 10.1. The molecule has 2 heterocycles. The van der Waals surface area contributed by atoms with Crippen molar-refractivity contribution in [2.24, 2.45) is 0 Å². The summed E-state index contributed by atoms with van der Waals surface area (Å²) < 4.78 is 11.8. The predicted molar refractivity (Wildman–Crippen MR) is 79.8 cm³/mol. The van der Waals surface area contributed by atoms with E-state index in [0.29, 0.717) is 6.42 Å². The van der Waals surface area contributed by atoms with Gasteiger partial charge in [-0.05, 0) is 31.6 Å². The fourth-order valence-electron chi connectivity index (χ4n) is 4.08. The number of rotatable bonds is 1. The average Bonchev–Trinajstić information content (AvgIpc) is 2.72.